The molecule has 1 aliphatic rings. The maximum Gasteiger partial charge on any atom is 0.319 e. The molecule has 1 aliphatic heterocycles. The quantitative estimate of drug-likeness (QED) is 0.341. The van der Waals surface area contributed by atoms with Crippen LogP contribution in [0.2, 0.25) is 0 Å². The Hall–Kier alpha value is -2.81. The first-order valence-corrected chi connectivity index (χ1v) is 12.8. The van der Waals surface area contributed by atoms with E-state index in [0.29, 0.717) is 21.5 Å². The standard InChI is InChI=1S/C24H21Br2N3O5S/c1-12-8-14(25)5-6-17(12)28-19(30)11-35-23-15(10-27)20(21(22(31)29-23)24(32)34-3)13-4-7-18(33-2)16(26)9-13/h4-9,20-21H,11H2,1-3H3,(H,28,30)(H,29,31)/t20-,21+/m1/s1. The molecule has 0 spiro atoms. The fourth-order valence-electron chi connectivity index (χ4n) is 3.65. The van der Waals surface area contributed by atoms with Crippen LogP contribution in [0.1, 0.15) is 17.0 Å². The topological polar surface area (TPSA) is 118 Å². The molecule has 2 amide bonds. The number of anilines is 1. The average Bonchev–Trinajstić information content (AvgIpc) is 2.83. The van der Waals surface area contributed by atoms with Crippen molar-refractivity contribution in [3.05, 3.63) is 67.1 Å². The van der Waals surface area contributed by atoms with Gasteiger partial charge >= 0.3 is 5.97 Å². The van der Waals surface area contributed by atoms with E-state index in [2.05, 4.69) is 48.6 Å². The van der Waals surface area contributed by atoms with E-state index in [0.717, 1.165) is 21.8 Å². The number of carbonyl (C=O) groups is 3. The first kappa shape index (κ1) is 26.8. The Balaban J connectivity index is 1.92. The monoisotopic (exact) mass is 621 g/mol. The summed E-state index contributed by atoms with van der Waals surface area (Å²) in [5.41, 5.74) is 2.25. The third-order valence-corrected chi connectivity index (χ3v) is 7.46. The van der Waals surface area contributed by atoms with E-state index in [1.54, 1.807) is 24.3 Å². The maximum atomic E-state index is 13.0. The number of nitriles is 1. The Bertz CT molecular complexity index is 1260. The summed E-state index contributed by atoms with van der Waals surface area (Å²) in [4.78, 5) is 38.1. The van der Waals surface area contributed by atoms with Crippen LogP contribution in [0, 0.1) is 24.2 Å². The van der Waals surface area contributed by atoms with Crippen LogP contribution < -0.4 is 15.4 Å². The number of thioether (sulfide) groups is 1. The predicted molar refractivity (Wildman–Crippen MR) is 140 cm³/mol. The van der Waals surface area contributed by atoms with Gasteiger partial charge in [0.2, 0.25) is 11.8 Å². The van der Waals surface area contributed by atoms with Crippen molar-refractivity contribution >= 4 is 67.1 Å². The lowest BCUT2D eigenvalue weighted by atomic mass is 9.78. The first-order valence-electron chi connectivity index (χ1n) is 10.2. The van der Waals surface area contributed by atoms with Crippen LogP contribution >= 0.6 is 43.6 Å². The number of aryl methyl sites for hydroxylation is 1. The number of rotatable bonds is 7. The molecule has 11 heteroatoms. The van der Waals surface area contributed by atoms with Gasteiger partial charge in [-0.05, 0) is 64.3 Å². The zero-order valence-electron chi connectivity index (χ0n) is 19.0. The largest absolute Gasteiger partial charge is 0.496 e. The van der Waals surface area contributed by atoms with E-state index in [9.17, 15) is 19.6 Å². The summed E-state index contributed by atoms with van der Waals surface area (Å²) in [5.74, 6) is -3.35. The van der Waals surface area contributed by atoms with Crippen LogP contribution in [0.15, 0.2) is 55.9 Å². The fraction of sp³-hybridized carbons (Fsp3) is 0.250. The molecule has 0 aliphatic carbocycles. The summed E-state index contributed by atoms with van der Waals surface area (Å²) >= 11 is 7.81. The highest BCUT2D eigenvalue weighted by Crippen LogP contribution is 2.42. The van der Waals surface area contributed by atoms with Gasteiger partial charge in [0.25, 0.3) is 0 Å². The second-order valence-corrected chi connectivity index (χ2v) is 10.3. The number of esters is 1. The van der Waals surface area contributed by atoms with Gasteiger partial charge in [0.1, 0.15) is 11.7 Å². The summed E-state index contributed by atoms with van der Waals surface area (Å²) < 4.78 is 11.6. The minimum atomic E-state index is -1.27. The van der Waals surface area contributed by atoms with Crippen molar-refractivity contribution in [1.29, 1.82) is 5.26 Å². The molecule has 35 heavy (non-hydrogen) atoms. The van der Waals surface area contributed by atoms with Crippen molar-refractivity contribution in [2.75, 3.05) is 25.3 Å². The molecule has 0 saturated heterocycles. The molecular weight excluding hydrogens is 602 g/mol. The molecule has 2 aromatic rings. The van der Waals surface area contributed by atoms with Crippen molar-refractivity contribution in [3.8, 4) is 11.8 Å². The minimum Gasteiger partial charge on any atom is -0.496 e. The number of allylic oxidation sites excluding steroid dienone is 1. The van der Waals surface area contributed by atoms with E-state index < -0.39 is 23.7 Å². The number of nitrogens with one attached hydrogen (secondary N) is 2. The lowest BCUT2D eigenvalue weighted by Crippen LogP contribution is -2.44. The number of carbonyl (C=O) groups excluding carboxylic acids is 3. The third kappa shape index (κ3) is 6.07. The predicted octanol–water partition coefficient (Wildman–Crippen LogP) is 4.64. The van der Waals surface area contributed by atoms with E-state index >= 15 is 0 Å². The fourth-order valence-corrected chi connectivity index (χ4v) is 5.53. The molecular formula is C24H21Br2N3O5S. The van der Waals surface area contributed by atoms with Crippen molar-refractivity contribution in [3.63, 3.8) is 0 Å². The Kier molecular flexibility index (Phi) is 8.99. The third-order valence-electron chi connectivity index (χ3n) is 5.33. The molecule has 2 aromatic carbocycles. The Labute approximate surface area is 223 Å². The van der Waals surface area contributed by atoms with Crippen LogP contribution in [0.4, 0.5) is 5.69 Å². The van der Waals surface area contributed by atoms with Gasteiger partial charge in [0.15, 0.2) is 0 Å². The van der Waals surface area contributed by atoms with Gasteiger partial charge < -0.3 is 20.1 Å². The molecule has 3 rings (SSSR count). The van der Waals surface area contributed by atoms with Gasteiger partial charge in [0, 0.05) is 16.1 Å². The number of ether oxygens (including phenoxy) is 2. The van der Waals surface area contributed by atoms with Crippen LogP contribution in [-0.2, 0) is 19.1 Å². The molecule has 182 valence electrons. The van der Waals surface area contributed by atoms with Crippen molar-refractivity contribution in [2.24, 2.45) is 5.92 Å². The smallest absolute Gasteiger partial charge is 0.319 e. The zero-order chi connectivity index (χ0) is 25.7. The Morgan fingerprint density at radius 2 is 1.94 bits per heavy atom. The Morgan fingerprint density at radius 3 is 2.54 bits per heavy atom. The van der Waals surface area contributed by atoms with Crippen LogP contribution in [0.3, 0.4) is 0 Å². The SMILES string of the molecule is COC(=O)[C@@H]1C(=O)NC(SCC(=O)Nc2ccc(Br)cc2C)=C(C#N)[C@H]1c1ccc(OC)c(Br)c1. The lowest BCUT2D eigenvalue weighted by Gasteiger charge is -2.31. The number of nitrogens with zero attached hydrogens (tertiary/aromatic N) is 1. The van der Waals surface area contributed by atoms with E-state index in [1.165, 1.54) is 14.2 Å². The van der Waals surface area contributed by atoms with Crippen molar-refractivity contribution in [2.45, 2.75) is 12.8 Å². The molecule has 0 saturated carbocycles. The molecule has 2 atom stereocenters. The second kappa shape index (κ2) is 11.7. The Morgan fingerprint density at radius 1 is 1.20 bits per heavy atom. The number of hydrogen-bond donors (Lipinski definition) is 2. The highest BCUT2D eigenvalue weighted by Gasteiger charge is 2.44. The van der Waals surface area contributed by atoms with Gasteiger partial charge in [-0.2, -0.15) is 5.26 Å². The maximum absolute atomic E-state index is 13.0. The molecule has 0 fully saturated rings. The first-order chi connectivity index (χ1) is 16.7. The number of benzene rings is 2. The average molecular weight is 623 g/mol. The normalized spacial score (nSPS) is 17.3. The van der Waals surface area contributed by atoms with Gasteiger partial charge in [0.05, 0.1) is 41.1 Å². The summed E-state index contributed by atoms with van der Waals surface area (Å²) in [5, 5.41) is 15.7. The molecule has 8 nitrogen and oxygen atoms in total. The summed E-state index contributed by atoms with van der Waals surface area (Å²) in [7, 11) is 2.70. The van der Waals surface area contributed by atoms with Gasteiger partial charge in [-0.1, -0.05) is 33.8 Å². The molecule has 1 heterocycles. The molecule has 0 radical (unpaired) electrons. The minimum absolute atomic E-state index is 0.0573. The summed E-state index contributed by atoms with van der Waals surface area (Å²) in [6, 6.07) is 12.7. The zero-order valence-corrected chi connectivity index (χ0v) is 23.0. The number of amides is 2. The van der Waals surface area contributed by atoms with E-state index in [4.69, 9.17) is 9.47 Å². The van der Waals surface area contributed by atoms with Crippen LogP contribution in [0.5, 0.6) is 5.75 Å². The van der Waals surface area contributed by atoms with E-state index in [-0.39, 0.29) is 22.3 Å². The van der Waals surface area contributed by atoms with Crippen LogP contribution in [0.25, 0.3) is 0 Å². The highest BCUT2D eigenvalue weighted by molar-refractivity contribution is 9.10. The van der Waals surface area contributed by atoms with Crippen molar-refractivity contribution < 1.29 is 23.9 Å². The van der Waals surface area contributed by atoms with Gasteiger partial charge in [-0.3, -0.25) is 14.4 Å². The molecule has 0 unspecified atom stereocenters. The number of methoxy groups -OCH3 is 2. The second-order valence-electron chi connectivity index (χ2n) is 7.51. The highest BCUT2D eigenvalue weighted by atomic mass is 79.9. The van der Waals surface area contributed by atoms with Crippen molar-refractivity contribution in [1.82, 2.24) is 5.32 Å². The van der Waals surface area contributed by atoms with Gasteiger partial charge in [-0.15, -0.1) is 0 Å². The molecule has 0 aromatic heterocycles. The lowest BCUT2D eigenvalue weighted by molar-refractivity contribution is -0.150. The number of halogens is 2. The number of hydrogen-bond acceptors (Lipinski definition) is 7. The molecule has 2 N–H and O–H groups in total. The van der Waals surface area contributed by atoms with Gasteiger partial charge in [-0.25, -0.2) is 0 Å². The summed E-state index contributed by atoms with van der Waals surface area (Å²) in [6.45, 7) is 1.87. The van der Waals surface area contributed by atoms with E-state index in [1.807, 2.05) is 19.1 Å². The molecule has 0 bridgehead atoms. The van der Waals surface area contributed by atoms with Crippen LogP contribution in [-0.4, -0.2) is 37.8 Å². The summed E-state index contributed by atoms with van der Waals surface area (Å²) in [6.07, 6.45) is 0.